The van der Waals surface area contributed by atoms with E-state index in [-0.39, 0.29) is 6.17 Å². The van der Waals surface area contributed by atoms with E-state index in [0.717, 1.165) is 43.4 Å². The second-order valence-electron chi connectivity index (χ2n) is 9.13. The molecule has 2 heterocycles. The summed E-state index contributed by atoms with van der Waals surface area (Å²) in [6.07, 6.45) is 5.10. The van der Waals surface area contributed by atoms with Crippen LogP contribution >= 0.6 is 0 Å². The first kappa shape index (κ1) is 22.7. The molecule has 0 saturated carbocycles. The molecule has 2 unspecified atom stereocenters. The molecule has 5 nitrogen and oxygen atoms in total. The lowest BCUT2D eigenvalue weighted by atomic mass is 9.95. The predicted molar refractivity (Wildman–Crippen MR) is 129 cm³/mol. The fourth-order valence-corrected chi connectivity index (χ4v) is 4.75. The van der Waals surface area contributed by atoms with Crippen molar-refractivity contribution in [2.75, 3.05) is 52.1 Å². The van der Waals surface area contributed by atoms with Gasteiger partial charge in [0.2, 0.25) is 0 Å². The quantitative estimate of drug-likeness (QED) is 0.540. The van der Waals surface area contributed by atoms with Crippen LogP contribution in [-0.4, -0.2) is 62.8 Å². The Morgan fingerprint density at radius 3 is 2.83 bits per heavy atom. The lowest BCUT2D eigenvalue weighted by Crippen LogP contribution is -2.45. The summed E-state index contributed by atoms with van der Waals surface area (Å²) in [5.74, 6) is 0.821. The number of likely N-dealkylation sites (N-methyl/N-ethyl adjacent to an activating group) is 1. The van der Waals surface area contributed by atoms with Gasteiger partial charge in [-0.2, -0.15) is 0 Å². The van der Waals surface area contributed by atoms with Gasteiger partial charge in [0, 0.05) is 55.3 Å². The molecule has 0 amide bonds. The van der Waals surface area contributed by atoms with E-state index in [1.807, 2.05) is 7.05 Å². The van der Waals surface area contributed by atoms with Gasteiger partial charge in [0.05, 0.1) is 0 Å². The number of allylic oxidation sites excluding steroid dienone is 1. The Morgan fingerprint density at radius 1 is 1.30 bits per heavy atom. The maximum atomic E-state index is 4.19. The topological polar surface area (TPSA) is 42.6 Å². The minimum Gasteiger partial charge on any atom is -0.388 e. The maximum Gasteiger partial charge on any atom is 0.103 e. The molecule has 1 aromatic rings. The van der Waals surface area contributed by atoms with E-state index in [9.17, 15) is 0 Å². The van der Waals surface area contributed by atoms with Gasteiger partial charge in [-0.1, -0.05) is 18.7 Å². The van der Waals surface area contributed by atoms with Crippen molar-refractivity contribution in [3.63, 3.8) is 0 Å². The van der Waals surface area contributed by atoms with E-state index in [4.69, 9.17) is 0 Å². The zero-order valence-corrected chi connectivity index (χ0v) is 19.4. The molecule has 1 fully saturated rings. The second-order valence-corrected chi connectivity index (χ2v) is 9.13. The van der Waals surface area contributed by atoms with Crippen molar-refractivity contribution in [2.45, 2.75) is 45.7 Å². The normalized spacial score (nSPS) is 21.5. The second kappa shape index (κ2) is 10.9. The highest BCUT2D eigenvalue weighted by molar-refractivity contribution is 5.48. The van der Waals surface area contributed by atoms with Gasteiger partial charge in [-0.25, -0.2) is 0 Å². The van der Waals surface area contributed by atoms with Crippen molar-refractivity contribution >= 4 is 5.69 Å². The molecule has 166 valence electrons. The molecule has 1 aromatic carbocycles. The van der Waals surface area contributed by atoms with Crippen molar-refractivity contribution in [3.05, 3.63) is 53.4 Å². The summed E-state index contributed by atoms with van der Waals surface area (Å²) in [6, 6.07) is 8.60. The Bertz CT molecular complexity index is 741. The zero-order chi connectivity index (χ0) is 21.5. The van der Waals surface area contributed by atoms with E-state index in [2.05, 4.69) is 77.5 Å². The van der Waals surface area contributed by atoms with Crippen molar-refractivity contribution in [1.29, 1.82) is 0 Å². The van der Waals surface area contributed by atoms with Crippen molar-refractivity contribution in [2.24, 2.45) is 5.92 Å². The Labute approximate surface area is 183 Å². The Hall–Kier alpha value is -1.98. The van der Waals surface area contributed by atoms with Gasteiger partial charge < -0.3 is 20.4 Å². The van der Waals surface area contributed by atoms with Crippen LogP contribution in [0.3, 0.4) is 0 Å². The maximum absolute atomic E-state index is 4.19. The molecule has 5 heteroatoms. The number of nitrogens with zero attached hydrogens (tertiary/aromatic N) is 2. The summed E-state index contributed by atoms with van der Waals surface area (Å²) >= 11 is 0. The minimum absolute atomic E-state index is 0.0947. The predicted octanol–water partition coefficient (Wildman–Crippen LogP) is 3.77. The standard InChI is InChI=1S/C25H41N5/c1-19(2)30-15-12-24(27-13-11-21-9-7-14-29(5)17-21)23(18-30)25(26-4)28-22-10-6-8-20(3)16-22/h6,8,10,16,21,25-28H,1,7,9,11-15,17-18H2,2-5H3. The lowest BCUT2D eigenvalue weighted by molar-refractivity contribution is 0.202. The first-order valence-electron chi connectivity index (χ1n) is 11.5. The van der Waals surface area contributed by atoms with E-state index >= 15 is 0 Å². The smallest absolute Gasteiger partial charge is 0.103 e. The van der Waals surface area contributed by atoms with Crippen molar-refractivity contribution in [3.8, 4) is 0 Å². The van der Waals surface area contributed by atoms with E-state index < -0.39 is 0 Å². The van der Waals surface area contributed by atoms with Gasteiger partial charge in [-0.05, 0) is 77.4 Å². The molecule has 30 heavy (non-hydrogen) atoms. The van der Waals surface area contributed by atoms with E-state index in [1.54, 1.807) is 0 Å². The summed E-state index contributed by atoms with van der Waals surface area (Å²) in [4.78, 5) is 4.87. The van der Waals surface area contributed by atoms with Crippen LogP contribution in [0.25, 0.3) is 0 Å². The molecule has 0 bridgehead atoms. The van der Waals surface area contributed by atoms with Crippen LogP contribution in [0, 0.1) is 12.8 Å². The third-order valence-electron chi connectivity index (χ3n) is 6.50. The van der Waals surface area contributed by atoms with Gasteiger partial charge in [0.1, 0.15) is 6.17 Å². The number of hydrogen-bond acceptors (Lipinski definition) is 5. The minimum atomic E-state index is 0.0947. The van der Waals surface area contributed by atoms with Gasteiger partial charge in [0.25, 0.3) is 0 Å². The number of benzene rings is 1. The number of nitrogens with one attached hydrogen (secondary N) is 3. The molecular weight excluding hydrogens is 370 g/mol. The number of hydrogen-bond donors (Lipinski definition) is 3. The molecule has 0 radical (unpaired) electrons. The van der Waals surface area contributed by atoms with Crippen LogP contribution in [0.5, 0.6) is 0 Å². The average molecular weight is 412 g/mol. The van der Waals surface area contributed by atoms with Crippen molar-refractivity contribution in [1.82, 2.24) is 20.4 Å². The van der Waals surface area contributed by atoms with Crippen LogP contribution in [-0.2, 0) is 0 Å². The first-order chi connectivity index (χ1) is 14.5. The van der Waals surface area contributed by atoms with Gasteiger partial charge in [-0.15, -0.1) is 0 Å². The largest absolute Gasteiger partial charge is 0.388 e. The molecule has 0 aromatic heterocycles. The Balaban J connectivity index is 1.70. The first-order valence-corrected chi connectivity index (χ1v) is 11.5. The molecule has 3 rings (SSSR count). The third kappa shape index (κ3) is 6.26. The average Bonchev–Trinajstić information content (AvgIpc) is 2.72. The number of aryl methyl sites for hydroxylation is 1. The van der Waals surface area contributed by atoms with E-state index in [0.29, 0.717) is 0 Å². The molecular formula is C25H41N5. The molecule has 1 saturated heterocycles. The molecule has 2 aliphatic heterocycles. The summed E-state index contributed by atoms with van der Waals surface area (Å²) < 4.78 is 0. The lowest BCUT2D eigenvalue weighted by Gasteiger charge is -2.37. The van der Waals surface area contributed by atoms with Crippen LogP contribution < -0.4 is 16.0 Å². The highest BCUT2D eigenvalue weighted by Crippen LogP contribution is 2.24. The number of likely N-dealkylation sites (tertiary alicyclic amines) is 1. The van der Waals surface area contributed by atoms with Gasteiger partial charge in [0.15, 0.2) is 0 Å². The van der Waals surface area contributed by atoms with Crippen molar-refractivity contribution < 1.29 is 0 Å². The number of piperidine rings is 1. The molecule has 2 aliphatic rings. The molecule has 2 atom stereocenters. The summed E-state index contributed by atoms with van der Waals surface area (Å²) in [7, 11) is 4.29. The Morgan fingerprint density at radius 2 is 2.13 bits per heavy atom. The number of rotatable bonds is 9. The van der Waals surface area contributed by atoms with Crippen LogP contribution in [0.4, 0.5) is 5.69 Å². The highest BCUT2D eigenvalue weighted by atomic mass is 15.2. The Kier molecular flexibility index (Phi) is 8.23. The fraction of sp³-hybridized carbons (Fsp3) is 0.600. The van der Waals surface area contributed by atoms with E-state index in [1.165, 1.54) is 49.2 Å². The summed E-state index contributed by atoms with van der Waals surface area (Å²) in [6.45, 7) is 13.9. The van der Waals surface area contributed by atoms with Crippen LogP contribution in [0.1, 0.15) is 38.2 Å². The van der Waals surface area contributed by atoms with Crippen LogP contribution in [0.15, 0.2) is 47.8 Å². The van der Waals surface area contributed by atoms with Gasteiger partial charge >= 0.3 is 0 Å². The zero-order valence-electron chi connectivity index (χ0n) is 19.4. The fourth-order valence-electron chi connectivity index (χ4n) is 4.75. The summed E-state index contributed by atoms with van der Waals surface area (Å²) in [5.41, 5.74) is 6.36. The van der Waals surface area contributed by atoms with Crippen LogP contribution in [0.2, 0.25) is 0 Å². The van der Waals surface area contributed by atoms with Gasteiger partial charge in [-0.3, -0.25) is 5.32 Å². The molecule has 3 N–H and O–H groups in total. The monoisotopic (exact) mass is 411 g/mol. The SMILES string of the molecule is C=C(C)N1CCC(NCCC2CCCN(C)C2)=C(C(NC)Nc2cccc(C)c2)C1. The molecule has 0 aliphatic carbocycles. The third-order valence-corrected chi connectivity index (χ3v) is 6.50. The highest BCUT2D eigenvalue weighted by Gasteiger charge is 2.25. The number of anilines is 1. The molecule has 0 spiro atoms. The summed E-state index contributed by atoms with van der Waals surface area (Å²) in [5, 5.41) is 11.0.